The fraction of sp³-hybridized carbons (Fsp3) is 0.400. The number of hydrogen-bond donors (Lipinski definition) is 0. The maximum Gasteiger partial charge on any atom is 0.417 e. The Morgan fingerprint density at radius 1 is 1.24 bits per heavy atom. The lowest BCUT2D eigenvalue weighted by Gasteiger charge is -2.39. The average Bonchev–Trinajstić information content (AvgIpc) is 2.60. The van der Waals surface area contributed by atoms with Crippen LogP contribution in [0.5, 0.6) is 5.75 Å². The van der Waals surface area contributed by atoms with E-state index in [1.54, 1.807) is 24.9 Å². The Bertz CT molecular complexity index is 982. The number of rotatable bonds is 5. The van der Waals surface area contributed by atoms with Crippen LogP contribution in [-0.2, 0) is 24.4 Å². The summed E-state index contributed by atoms with van der Waals surface area (Å²) >= 11 is 5.61. The van der Waals surface area contributed by atoms with Crippen LogP contribution in [-0.4, -0.2) is 34.6 Å². The first kappa shape index (κ1) is 21.2. The molecular formula is C20H20ClF3N2O3. The Balaban J connectivity index is 1.51. The smallest absolute Gasteiger partial charge is 0.417 e. The summed E-state index contributed by atoms with van der Waals surface area (Å²) in [6.45, 7) is 2.55. The predicted molar refractivity (Wildman–Crippen MR) is 102 cm³/mol. The second-order valence-electron chi connectivity index (χ2n) is 7.08. The van der Waals surface area contributed by atoms with Gasteiger partial charge in [-0.3, -0.25) is 9.59 Å². The number of likely N-dealkylation sites (tertiary alicyclic amines) is 1. The topological polar surface area (TPSA) is 51.5 Å². The summed E-state index contributed by atoms with van der Waals surface area (Å²) in [4.78, 5) is 25.6. The molecule has 0 aliphatic carbocycles. The van der Waals surface area contributed by atoms with Crippen LogP contribution < -0.4 is 10.3 Å². The quantitative estimate of drug-likeness (QED) is 0.731. The minimum absolute atomic E-state index is 0.0939. The lowest BCUT2D eigenvalue weighted by molar-refractivity contribution is -0.140. The van der Waals surface area contributed by atoms with Crippen LogP contribution in [0.3, 0.4) is 0 Å². The second kappa shape index (κ2) is 8.10. The third kappa shape index (κ3) is 4.93. The van der Waals surface area contributed by atoms with Gasteiger partial charge in [0.25, 0.3) is 5.56 Å². The standard InChI is InChI=1S/C20H20ClF3N2O3/c1-12-7-14(9-19(28)25(12)2)29-15-10-26(11-15)18(27)6-4-13-3-5-17(21)16(8-13)20(22,23)24/h3,5,7-9,15H,4,6,10-11H2,1-2H3. The van der Waals surface area contributed by atoms with E-state index in [2.05, 4.69) is 0 Å². The number of benzene rings is 1. The van der Waals surface area contributed by atoms with E-state index >= 15 is 0 Å². The van der Waals surface area contributed by atoms with Crippen LogP contribution in [0.1, 0.15) is 23.2 Å². The molecule has 0 unspecified atom stereocenters. The van der Waals surface area contributed by atoms with Crippen molar-refractivity contribution in [1.29, 1.82) is 0 Å². The van der Waals surface area contributed by atoms with Crippen molar-refractivity contribution in [3.8, 4) is 5.75 Å². The van der Waals surface area contributed by atoms with Gasteiger partial charge in [0.1, 0.15) is 11.9 Å². The zero-order chi connectivity index (χ0) is 21.3. The van der Waals surface area contributed by atoms with Crippen molar-refractivity contribution in [3.63, 3.8) is 0 Å². The van der Waals surface area contributed by atoms with Crippen molar-refractivity contribution in [2.24, 2.45) is 7.05 Å². The van der Waals surface area contributed by atoms with E-state index in [1.165, 1.54) is 22.8 Å². The SMILES string of the molecule is Cc1cc(OC2CN(C(=O)CCc3ccc(Cl)c(C(F)(F)F)c3)C2)cc(=O)n1C. The van der Waals surface area contributed by atoms with Crippen molar-refractivity contribution < 1.29 is 22.7 Å². The summed E-state index contributed by atoms with van der Waals surface area (Å²) in [5.41, 5.74) is 0.0965. The van der Waals surface area contributed by atoms with E-state index in [9.17, 15) is 22.8 Å². The van der Waals surface area contributed by atoms with E-state index in [4.69, 9.17) is 16.3 Å². The van der Waals surface area contributed by atoms with Gasteiger partial charge in [0, 0.05) is 25.2 Å². The van der Waals surface area contributed by atoms with E-state index in [0.717, 1.165) is 11.8 Å². The van der Waals surface area contributed by atoms with Gasteiger partial charge in [-0.05, 0) is 37.1 Å². The van der Waals surface area contributed by atoms with Crippen LogP contribution in [0.4, 0.5) is 13.2 Å². The molecule has 2 heterocycles. The molecule has 0 N–H and O–H groups in total. The van der Waals surface area contributed by atoms with Gasteiger partial charge in [0.15, 0.2) is 0 Å². The fourth-order valence-electron chi connectivity index (χ4n) is 3.07. The predicted octanol–water partition coefficient (Wildman–Crippen LogP) is 3.59. The molecule has 1 saturated heterocycles. The van der Waals surface area contributed by atoms with E-state index < -0.39 is 11.7 Å². The number of aryl methyl sites for hydroxylation is 2. The molecule has 1 fully saturated rings. The first-order valence-corrected chi connectivity index (χ1v) is 9.40. The summed E-state index contributed by atoms with van der Waals surface area (Å²) in [7, 11) is 1.67. The number of ether oxygens (including phenoxy) is 1. The Labute approximate surface area is 170 Å². The number of amides is 1. The largest absolute Gasteiger partial charge is 0.486 e. The maximum atomic E-state index is 12.9. The first-order chi connectivity index (χ1) is 13.5. The summed E-state index contributed by atoms with van der Waals surface area (Å²) in [5, 5.41) is -0.360. The highest BCUT2D eigenvalue weighted by molar-refractivity contribution is 6.31. The minimum Gasteiger partial charge on any atom is -0.486 e. The monoisotopic (exact) mass is 428 g/mol. The summed E-state index contributed by atoms with van der Waals surface area (Å²) in [6, 6.07) is 6.83. The fourth-order valence-corrected chi connectivity index (χ4v) is 3.29. The van der Waals surface area contributed by atoms with Gasteiger partial charge < -0.3 is 14.2 Å². The number of hydrogen-bond acceptors (Lipinski definition) is 3. The number of alkyl halides is 3. The Kier molecular flexibility index (Phi) is 5.93. The summed E-state index contributed by atoms with van der Waals surface area (Å²) < 4.78 is 46.0. The second-order valence-corrected chi connectivity index (χ2v) is 7.49. The molecule has 2 aromatic rings. The normalized spacial score (nSPS) is 14.6. The van der Waals surface area contributed by atoms with Crippen molar-refractivity contribution in [2.45, 2.75) is 32.0 Å². The highest BCUT2D eigenvalue weighted by atomic mass is 35.5. The number of carbonyl (C=O) groups is 1. The number of halogens is 4. The first-order valence-electron chi connectivity index (χ1n) is 9.02. The molecule has 1 aliphatic heterocycles. The summed E-state index contributed by atoms with van der Waals surface area (Å²) in [5.74, 6) is 0.303. The minimum atomic E-state index is -4.53. The molecular weight excluding hydrogens is 409 g/mol. The molecule has 9 heteroatoms. The van der Waals surface area contributed by atoms with Crippen molar-refractivity contribution in [1.82, 2.24) is 9.47 Å². The number of nitrogens with zero attached hydrogens (tertiary/aromatic N) is 2. The molecule has 0 radical (unpaired) electrons. The lowest BCUT2D eigenvalue weighted by Crippen LogP contribution is -2.56. The molecule has 1 aliphatic rings. The number of carbonyl (C=O) groups excluding carboxylic acids is 1. The van der Waals surface area contributed by atoms with Gasteiger partial charge >= 0.3 is 6.18 Å². The Morgan fingerprint density at radius 2 is 1.93 bits per heavy atom. The van der Waals surface area contributed by atoms with Gasteiger partial charge in [-0.15, -0.1) is 0 Å². The summed E-state index contributed by atoms with van der Waals surface area (Å²) in [6.07, 6.45) is -4.46. The Morgan fingerprint density at radius 3 is 2.55 bits per heavy atom. The van der Waals surface area contributed by atoms with Crippen molar-refractivity contribution in [3.05, 3.63) is 62.5 Å². The lowest BCUT2D eigenvalue weighted by atomic mass is 10.0. The van der Waals surface area contributed by atoms with Gasteiger partial charge in [-0.1, -0.05) is 17.7 Å². The molecule has 5 nitrogen and oxygen atoms in total. The molecule has 1 aromatic heterocycles. The maximum absolute atomic E-state index is 12.9. The Hall–Kier alpha value is -2.48. The van der Waals surface area contributed by atoms with Crippen LogP contribution in [0.2, 0.25) is 5.02 Å². The molecule has 0 bridgehead atoms. The number of pyridine rings is 1. The van der Waals surface area contributed by atoms with E-state index in [1.807, 2.05) is 0 Å². The van der Waals surface area contributed by atoms with E-state index in [0.29, 0.717) is 24.4 Å². The van der Waals surface area contributed by atoms with Crippen LogP contribution >= 0.6 is 11.6 Å². The van der Waals surface area contributed by atoms with Crippen LogP contribution in [0.15, 0.2) is 35.1 Å². The zero-order valence-electron chi connectivity index (χ0n) is 15.9. The zero-order valence-corrected chi connectivity index (χ0v) is 16.7. The third-order valence-electron chi connectivity index (χ3n) is 4.94. The molecule has 0 saturated carbocycles. The van der Waals surface area contributed by atoms with Crippen LogP contribution in [0, 0.1) is 6.92 Å². The third-order valence-corrected chi connectivity index (χ3v) is 5.27. The van der Waals surface area contributed by atoms with Gasteiger partial charge in [-0.2, -0.15) is 13.2 Å². The molecule has 3 rings (SSSR count). The van der Waals surface area contributed by atoms with Crippen molar-refractivity contribution >= 4 is 17.5 Å². The molecule has 156 valence electrons. The average molecular weight is 429 g/mol. The molecule has 0 atom stereocenters. The van der Waals surface area contributed by atoms with Gasteiger partial charge in [0.2, 0.25) is 5.91 Å². The molecule has 1 amide bonds. The van der Waals surface area contributed by atoms with Crippen LogP contribution in [0.25, 0.3) is 0 Å². The molecule has 0 spiro atoms. The van der Waals surface area contributed by atoms with Gasteiger partial charge in [0.05, 0.1) is 23.7 Å². The number of aromatic nitrogens is 1. The highest BCUT2D eigenvalue weighted by Crippen LogP contribution is 2.35. The van der Waals surface area contributed by atoms with Crippen molar-refractivity contribution in [2.75, 3.05) is 13.1 Å². The highest BCUT2D eigenvalue weighted by Gasteiger charge is 2.34. The molecule has 29 heavy (non-hydrogen) atoms. The molecule has 1 aromatic carbocycles. The van der Waals surface area contributed by atoms with E-state index in [-0.39, 0.29) is 35.4 Å². The van der Waals surface area contributed by atoms with Gasteiger partial charge in [-0.25, -0.2) is 0 Å².